The molecule has 2 aromatic carbocycles. The lowest BCUT2D eigenvalue weighted by Gasteiger charge is -2.28. The van der Waals surface area contributed by atoms with Gasteiger partial charge < -0.3 is 9.88 Å². The Labute approximate surface area is 207 Å². The van der Waals surface area contributed by atoms with Crippen LogP contribution in [-0.2, 0) is 16.9 Å². The highest BCUT2D eigenvalue weighted by atomic mass is 32.1. The molecule has 7 heteroatoms. The summed E-state index contributed by atoms with van der Waals surface area (Å²) in [4.78, 5) is 42.6. The lowest BCUT2D eigenvalue weighted by Crippen LogP contribution is -2.45. The molecule has 0 saturated carbocycles. The third-order valence-corrected chi connectivity index (χ3v) is 7.45. The van der Waals surface area contributed by atoms with Crippen LogP contribution in [0.15, 0.2) is 84.2 Å². The van der Waals surface area contributed by atoms with Crippen molar-refractivity contribution in [1.29, 1.82) is 0 Å². The van der Waals surface area contributed by atoms with Gasteiger partial charge in [0, 0.05) is 21.8 Å². The monoisotopic (exact) mass is 483 g/mol. The van der Waals surface area contributed by atoms with Gasteiger partial charge in [0.15, 0.2) is 11.3 Å². The molecule has 0 unspecified atom stereocenters. The van der Waals surface area contributed by atoms with E-state index in [1.54, 1.807) is 11.3 Å². The maximum Gasteiger partial charge on any atom is 0.325 e. The molecule has 0 atom stereocenters. The van der Waals surface area contributed by atoms with E-state index in [-0.39, 0.29) is 12.3 Å². The highest BCUT2D eigenvalue weighted by Crippen LogP contribution is 2.36. The average molecular weight is 484 g/mol. The van der Waals surface area contributed by atoms with Gasteiger partial charge in [-0.15, -0.1) is 11.3 Å². The predicted molar refractivity (Wildman–Crippen MR) is 136 cm³/mol. The number of urea groups is 1. The molecule has 0 radical (unpaired) electrons. The zero-order valence-corrected chi connectivity index (χ0v) is 20.3. The Bertz CT molecular complexity index is 1350. The number of hydrogen-bond donors (Lipinski definition) is 1. The second-order valence-corrected chi connectivity index (χ2v) is 9.71. The first kappa shape index (κ1) is 22.8. The van der Waals surface area contributed by atoms with Crippen molar-refractivity contribution in [1.82, 2.24) is 14.8 Å². The number of nitrogens with zero attached hydrogens (tertiary/aromatic N) is 2. The van der Waals surface area contributed by atoms with E-state index in [0.29, 0.717) is 23.2 Å². The first-order valence-corrected chi connectivity index (χ1v) is 12.3. The molecule has 1 fully saturated rings. The molecule has 1 aliphatic rings. The number of carbonyl (C=O) groups is 3. The average Bonchev–Trinajstić information content (AvgIpc) is 3.56. The van der Waals surface area contributed by atoms with Crippen LogP contribution < -0.4 is 5.32 Å². The Morgan fingerprint density at radius 3 is 2.11 bits per heavy atom. The molecule has 3 amide bonds. The van der Waals surface area contributed by atoms with Crippen LogP contribution in [-0.4, -0.2) is 33.7 Å². The zero-order chi connectivity index (χ0) is 24.6. The number of benzene rings is 2. The molecule has 1 N–H and O–H groups in total. The Balaban J connectivity index is 1.46. The Kier molecular flexibility index (Phi) is 5.86. The smallest absolute Gasteiger partial charge is 0.325 e. The summed E-state index contributed by atoms with van der Waals surface area (Å²) >= 11 is 1.66. The SMILES string of the molecule is Cc1cc(C(=O)CN2C(=O)NC(c3ccccc3)(c3ccccc3)C2=O)c(C)n1Cc1cccs1. The van der Waals surface area contributed by atoms with Crippen molar-refractivity contribution in [2.75, 3.05) is 6.54 Å². The van der Waals surface area contributed by atoms with E-state index in [4.69, 9.17) is 0 Å². The summed E-state index contributed by atoms with van der Waals surface area (Å²) in [6.45, 7) is 4.21. The van der Waals surface area contributed by atoms with Gasteiger partial charge >= 0.3 is 6.03 Å². The highest BCUT2D eigenvalue weighted by Gasteiger charge is 2.54. The van der Waals surface area contributed by atoms with Gasteiger partial charge in [0.25, 0.3) is 5.91 Å². The summed E-state index contributed by atoms with van der Waals surface area (Å²) in [5, 5.41) is 4.93. The molecule has 176 valence electrons. The number of imide groups is 1. The number of rotatable bonds is 7. The largest absolute Gasteiger partial charge is 0.343 e. The van der Waals surface area contributed by atoms with Gasteiger partial charge in [0.05, 0.1) is 13.1 Å². The number of amides is 3. The van der Waals surface area contributed by atoms with E-state index in [1.165, 1.54) is 4.88 Å². The van der Waals surface area contributed by atoms with Gasteiger partial charge in [-0.05, 0) is 42.5 Å². The van der Waals surface area contributed by atoms with Crippen molar-refractivity contribution in [3.8, 4) is 0 Å². The second kappa shape index (κ2) is 9.00. The molecule has 4 aromatic rings. The van der Waals surface area contributed by atoms with Crippen LogP contribution in [0.25, 0.3) is 0 Å². The van der Waals surface area contributed by atoms with Gasteiger partial charge in [0.1, 0.15) is 0 Å². The molecule has 2 aromatic heterocycles. The van der Waals surface area contributed by atoms with Crippen LogP contribution in [0.2, 0.25) is 0 Å². The van der Waals surface area contributed by atoms with Crippen molar-refractivity contribution in [3.05, 3.63) is 117 Å². The van der Waals surface area contributed by atoms with E-state index < -0.39 is 17.5 Å². The summed E-state index contributed by atoms with van der Waals surface area (Å²) in [7, 11) is 0. The summed E-state index contributed by atoms with van der Waals surface area (Å²) in [6, 6.07) is 23.6. The van der Waals surface area contributed by atoms with Gasteiger partial charge in [0.2, 0.25) is 0 Å². The van der Waals surface area contributed by atoms with Crippen molar-refractivity contribution in [2.24, 2.45) is 0 Å². The Hall–Kier alpha value is -3.97. The quantitative estimate of drug-likeness (QED) is 0.300. The third-order valence-electron chi connectivity index (χ3n) is 6.59. The fraction of sp³-hybridized carbons (Fsp3) is 0.179. The maximum atomic E-state index is 13.9. The molecule has 5 rings (SSSR count). The Morgan fingerprint density at radius 2 is 1.54 bits per heavy atom. The molecule has 0 spiro atoms. The summed E-state index contributed by atoms with van der Waals surface area (Å²) in [6.07, 6.45) is 0. The minimum absolute atomic E-state index is 0.268. The third kappa shape index (κ3) is 3.88. The summed E-state index contributed by atoms with van der Waals surface area (Å²) < 4.78 is 2.09. The van der Waals surface area contributed by atoms with E-state index in [1.807, 2.05) is 92.0 Å². The molecule has 35 heavy (non-hydrogen) atoms. The molecule has 6 nitrogen and oxygen atoms in total. The number of aromatic nitrogens is 1. The number of Topliss-reactive ketones (excluding diaryl/α,β-unsaturated/α-hetero) is 1. The van der Waals surface area contributed by atoms with Crippen LogP contribution in [0.4, 0.5) is 4.79 Å². The first-order chi connectivity index (χ1) is 16.9. The predicted octanol–water partition coefficient (Wildman–Crippen LogP) is 4.89. The number of nitrogens with one attached hydrogen (secondary N) is 1. The van der Waals surface area contributed by atoms with E-state index in [9.17, 15) is 14.4 Å². The van der Waals surface area contributed by atoms with Crippen molar-refractivity contribution < 1.29 is 14.4 Å². The van der Waals surface area contributed by atoms with Gasteiger partial charge in [-0.1, -0.05) is 66.7 Å². The number of ketones is 1. The van der Waals surface area contributed by atoms with Crippen LogP contribution in [0, 0.1) is 13.8 Å². The number of carbonyl (C=O) groups excluding carboxylic acids is 3. The van der Waals surface area contributed by atoms with Crippen molar-refractivity contribution in [2.45, 2.75) is 25.9 Å². The van der Waals surface area contributed by atoms with Crippen LogP contribution in [0.5, 0.6) is 0 Å². The fourth-order valence-corrected chi connectivity index (χ4v) is 5.46. The van der Waals surface area contributed by atoms with Crippen LogP contribution in [0.1, 0.15) is 37.7 Å². The number of thiophene rings is 1. The van der Waals surface area contributed by atoms with Gasteiger partial charge in [-0.25, -0.2) is 4.79 Å². The molecule has 0 aliphatic carbocycles. The summed E-state index contributed by atoms with van der Waals surface area (Å²) in [5.74, 6) is -0.725. The van der Waals surface area contributed by atoms with Gasteiger partial charge in [-0.2, -0.15) is 0 Å². The molecular formula is C28H25N3O3S. The molecule has 3 heterocycles. The van der Waals surface area contributed by atoms with E-state index in [0.717, 1.165) is 16.3 Å². The van der Waals surface area contributed by atoms with Gasteiger partial charge in [-0.3, -0.25) is 14.5 Å². The van der Waals surface area contributed by atoms with Crippen molar-refractivity contribution >= 4 is 29.1 Å². The number of aryl methyl sites for hydroxylation is 1. The minimum Gasteiger partial charge on any atom is -0.343 e. The normalized spacial score (nSPS) is 14.9. The second-order valence-electron chi connectivity index (χ2n) is 8.68. The lowest BCUT2D eigenvalue weighted by molar-refractivity contribution is -0.129. The molecule has 1 aliphatic heterocycles. The first-order valence-electron chi connectivity index (χ1n) is 11.4. The van der Waals surface area contributed by atoms with Crippen molar-refractivity contribution in [3.63, 3.8) is 0 Å². The van der Waals surface area contributed by atoms with E-state index >= 15 is 0 Å². The minimum atomic E-state index is -1.38. The fourth-order valence-electron chi connectivity index (χ4n) is 4.77. The Morgan fingerprint density at radius 1 is 0.914 bits per heavy atom. The number of hydrogen-bond acceptors (Lipinski definition) is 4. The standard InChI is InChI=1S/C28H25N3O3S/c1-19-16-24(20(2)30(19)17-23-14-9-15-35-23)25(32)18-31-26(33)28(29-27(31)34,21-10-5-3-6-11-21)22-12-7-4-8-13-22/h3-16H,17-18H2,1-2H3,(H,29,34). The summed E-state index contributed by atoms with van der Waals surface area (Å²) in [5.41, 5.74) is 2.22. The van der Waals surface area contributed by atoms with Crippen LogP contribution in [0.3, 0.4) is 0 Å². The van der Waals surface area contributed by atoms with E-state index in [2.05, 4.69) is 16.0 Å². The zero-order valence-electron chi connectivity index (χ0n) is 19.5. The molecular weight excluding hydrogens is 458 g/mol. The molecule has 0 bridgehead atoms. The topological polar surface area (TPSA) is 71.4 Å². The lowest BCUT2D eigenvalue weighted by atomic mass is 9.82. The maximum absolute atomic E-state index is 13.9. The molecule has 1 saturated heterocycles. The van der Waals surface area contributed by atoms with Crippen LogP contribution >= 0.6 is 11.3 Å². The highest BCUT2D eigenvalue weighted by molar-refractivity contribution is 7.09.